The zero-order valence-corrected chi connectivity index (χ0v) is 17.6. The van der Waals surface area contributed by atoms with Gasteiger partial charge in [0.05, 0.1) is 14.2 Å². The van der Waals surface area contributed by atoms with Gasteiger partial charge in [-0.05, 0) is 57.0 Å². The Labute approximate surface area is 180 Å². The number of nitrogens with zero attached hydrogens (tertiary/aromatic N) is 1. The van der Waals surface area contributed by atoms with Crippen molar-refractivity contribution in [3.05, 3.63) is 23.8 Å². The molecular weight excluding hydrogens is 321 g/mol. The van der Waals surface area contributed by atoms with Gasteiger partial charge >= 0.3 is 51.4 Å². The molecule has 1 aliphatic carbocycles. The normalized spacial score (nSPS) is 30.4. The van der Waals surface area contributed by atoms with Crippen LogP contribution in [0.1, 0.15) is 31.2 Å². The summed E-state index contributed by atoms with van der Waals surface area (Å²) in [5, 5.41) is 10.8. The third-order valence-corrected chi connectivity index (χ3v) is 5.57. The molecule has 0 amide bonds. The molecule has 6 heteroatoms. The second kappa shape index (κ2) is 8.14. The van der Waals surface area contributed by atoms with Gasteiger partial charge in [-0.2, -0.15) is 0 Å². The summed E-state index contributed by atoms with van der Waals surface area (Å²) in [5.74, 6) is 1.52. The van der Waals surface area contributed by atoms with E-state index in [4.69, 9.17) is 9.47 Å². The van der Waals surface area contributed by atoms with E-state index in [1.165, 1.54) is 5.56 Å². The Morgan fingerprint density at radius 2 is 1.91 bits per heavy atom. The second-order valence-corrected chi connectivity index (χ2v) is 6.46. The van der Waals surface area contributed by atoms with Gasteiger partial charge in [-0.15, -0.1) is 0 Å². The number of hydrogen-bond acceptors (Lipinski definition) is 5. The van der Waals surface area contributed by atoms with E-state index < -0.39 is 0 Å². The summed E-state index contributed by atoms with van der Waals surface area (Å²) < 4.78 is 10.8. The molecule has 0 radical (unpaired) electrons. The predicted molar refractivity (Wildman–Crippen MR) is 81.0 cm³/mol. The average molecular weight is 345 g/mol. The molecule has 3 rings (SSSR count). The molecule has 1 aromatic rings. The molecule has 1 aliphatic heterocycles. The fourth-order valence-corrected chi connectivity index (χ4v) is 4.32. The van der Waals surface area contributed by atoms with Crippen LogP contribution in [-0.2, 0) is 10.3 Å². The number of rotatable bonds is 4. The molecule has 0 spiro atoms. The number of methoxy groups -OCH3 is 2. The van der Waals surface area contributed by atoms with Crippen LogP contribution in [0.4, 0.5) is 0 Å². The van der Waals surface area contributed by atoms with Crippen molar-refractivity contribution in [3.8, 4) is 11.5 Å². The predicted octanol–water partition coefficient (Wildman–Crippen LogP) is -1.51. The number of fused-ring (bicyclic) bond motifs is 1. The van der Waals surface area contributed by atoms with Gasteiger partial charge in [0, 0.05) is 17.6 Å². The number of likely N-dealkylation sites (N-methyl/N-ethyl adjacent to an activating group) is 1. The van der Waals surface area contributed by atoms with Crippen LogP contribution in [0, 0.1) is 0 Å². The number of hydrogen-bond donors (Lipinski definition) is 0. The fraction of sp³-hybridized carbons (Fsp3) is 0.647. The van der Waals surface area contributed by atoms with Crippen molar-refractivity contribution in [2.45, 2.75) is 43.2 Å². The standard InChI is InChI=1S/C17H25NO4.K/c1-18-9-8-17(7-6-13(22-19)11-16(17)18)12-4-5-14(20-2)15(10-12)21-3;/h4-5,10,13,16,19H,6-9,11H2,1-3H3;/q;+1/p-1/t13?,16-,17-;/m0./s1. The molecule has 23 heavy (non-hydrogen) atoms. The monoisotopic (exact) mass is 345 g/mol. The first-order valence-electron chi connectivity index (χ1n) is 7.86. The number of benzene rings is 1. The molecule has 0 N–H and O–H groups in total. The summed E-state index contributed by atoms with van der Waals surface area (Å²) in [4.78, 5) is 6.75. The molecule has 5 nitrogen and oxygen atoms in total. The van der Waals surface area contributed by atoms with Gasteiger partial charge in [0.15, 0.2) is 11.5 Å². The van der Waals surface area contributed by atoms with Crippen LogP contribution >= 0.6 is 0 Å². The molecular formula is C17H24KNO4. The Kier molecular flexibility index (Phi) is 6.96. The van der Waals surface area contributed by atoms with Crippen LogP contribution in [0.3, 0.4) is 0 Å². The summed E-state index contributed by atoms with van der Waals surface area (Å²) in [6, 6.07) is 6.57. The molecule has 0 bridgehead atoms. The molecule has 1 heterocycles. The van der Waals surface area contributed by atoms with Crippen LogP contribution < -0.4 is 66.1 Å². The van der Waals surface area contributed by atoms with Crippen molar-refractivity contribution in [3.63, 3.8) is 0 Å². The zero-order chi connectivity index (χ0) is 15.7. The number of ether oxygens (including phenoxy) is 2. The van der Waals surface area contributed by atoms with Crippen molar-refractivity contribution in [1.29, 1.82) is 0 Å². The van der Waals surface area contributed by atoms with Crippen molar-refractivity contribution in [2.75, 3.05) is 27.8 Å². The Bertz CT molecular complexity index is 541. The smallest absolute Gasteiger partial charge is 0.723 e. The average Bonchev–Trinajstić information content (AvgIpc) is 2.91. The van der Waals surface area contributed by atoms with E-state index in [9.17, 15) is 5.26 Å². The molecule has 2 fully saturated rings. The van der Waals surface area contributed by atoms with Gasteiger partial charge in [0.1, 0.15) is 0 Å². The summed E-state index contributed by atoms with van der Waals surface area (Å²) in [7, 11) is 5.46. The Morgan fingerprint density at radius 1 is 1.17 bits per heavy atom. The van der Waals surface area contributed by atoms with E-state index in [-0.39, 0.29) is 62.9 Å². The molecule has 1 aromatic carbocycles. The molecule has 3 atom stereocenters. The summed E-state index contributed by atoms with van der Waals surface area (Å²) in [6.07, 6.45) is 3.54. The van der Waals surface area contributed by atoms with E-state index in [0.717, 1.165) is 43.7 Å². The van der Waals surface area contributed by atoms with E-state index in [2.05, 4.69) is 29.0 Å². The van der Waals surface area contributed by atoms with Gasteiger partial charge in [-0.3, -0.25) is 0 Å². The summed E-state index contributed by atoms with van der Waals surface area (Å²) in [6.45, 7) is 1.05. The van der Waals surface area contributed by atoms with Crippen LogP contribution in [0.25, 0.3) is 0 Å². The van der Waals surface area contributed by atoms with Gasteiger partial charge in [-0.25, -0.2) is 0 Å². The Morgan fingerprint density at radius 3 is 2.57 bits per heavy atom. The zero-order valence-electron chi connectivity index (χ0n) is 14.5. The van der Waals surface area contributed by atoms with Crippen LogP contribution in [-0.4, -0.2) is 44.9 Å². The first-order valence-corrected chi connectivity index (χ1v) is 7.86. The van der Waals surface area contributed by atoms with Crippen molar-refractivity contribution in [1.82, 2.24) is 4.90 Å². The third-order valence-electron chi connectivity index (χ3n) is 5.57. The van der Waals surface area contributed by atoms with Crippen LogP contribution in [0.5, 0.6) is 11.5 Å². The minimum absolute atomic E-state index is 0. The Balaban J connectivity index is 0.00000192. The van der Waals surface area contributed by atoms with Gasteiger partial charge in [0.25, 0.3) is 0 Å². The summed E-state index contributed by atoms with van der Waals surface area (Å²) >= 11 is 0. The molecule has 122 valence electrons. The second-order valence-electron chi connectivity index (χ2n) is 6.46. The molecule has 2 aliphatic rings. The van der Waals surface area contributed by atoms with Gasteiger partial charge < -0.3 is 24.5 Å². The first-order chi connectivity index (χ1) is 10.6. The SMILES string of the molecule is COc1ccc([C@@]23CCC(O[O-])C[C@@H]2N(C)CC3)cc1OC.[K+]. The topological polar surface area (TPSA) is 54.0 Å². The summed E-state index contributed by atoms with van der Waals surface area (Å²) in [5.41, 5.74) is 1.37. The first kappa shape index (κ1) is 19.7. The maximum absolute atomic E-state index is 10.8. The van der Waals surface area contributed by atoms with E-state index in [0.29, 0.717) is 6.04 Å². The van der Waals surface area contributed by atoms with E-state index >= 15 is 0 Å². The number of likely N-dealkylation sites (tertiary alicyclic amines) is 1. The molecule has 1 saturated heterocycles. The molecule has 0 aromatic heterocycles. The van der Waals surface area contributed by atoms with E-state index in [1.807, 2.05) is 6.07 Å². The van der Waals surface area contributed by atoms with Crippen LogP contribution in [0.15, 0.2) is 18.2 Å². The fourth-order valence-electron chi connectivity index (χ4n) is 4.32. The minimum atomic E-state index is -0.168. The third kappa shape index (κ3) is 3.51. The molecule has 1 unspecified atom stereocenters. The Hall–Kier alpha value is 0.336. The van der Waals surface area contributed by atoms with E-state index in [1.54, 1.807) is 14.2 Å². The minimum Gasteiger partial charge on any atom is -0.723 e. The quantitative estimate of drug-likeness (QED) is 0.377. The largest absolute Gasteiger partial charge is 1.00 e. The maximum Gasteiger partial charge on any atom is 1.00 e. The van der Waals surface area contributed by atoms with Crippen LogP contribution in [0.2, 0.25) is 0 Å². The van der Waals surface area contributed by atoms with Crippen molar-refractivity contribution in [2.24, 2.45) is 0 Å². The molecule has 1 saturated carbocycles. The van der Waals surface area contributed by atoms with Crippen molar-refractivity contribution >= 4 is 0 Å². The maximum atomic E-state index is 10.8. The van der Waals surface area contributed by atoms with Gasteiger partial charge in [0.2, 0.25) is 0 Å². The van der Waals surface area contributed by atoms with Gasteiger partial charge in [-0.1, -0.05) is 6.07 Å². The van der Waals surface area contributed by atoms with Crippen molar-refractivity contribution < 1.29 is 71.0 Å².